The molecule has 2 N–H and O–H groups in total. The Labute approximate surface area is 183 Å². The Kier molecular flexibility index (Phi) is 8.52. The number of carbonyl (C=O) groups is 3. The molecule has 0 heterocycles. The zero-order chi connectivity index (χ0) is 23.7. The number of hydrogen-bond acceptors (Lipinski definition) is 8. The summed E-state index contributed by atoms with van der Waals surface area (Å²) in [7, 11) is 1.32. The van der Waals surface area contributed by atoms with Gasteiger partial charge in [-0.25, -0.2) is 4.79 Å². The molecule has 2 aromatic rings. The molecule has 0 bridgehead atoms. The predicted molar refractivity (Wildman–Crippen MR) is 114 cm³/mol. The molecule has 0 aromatic heterocycles. The standard InChI is InChI=1S/C21H23N3O8/c1-4-22-20(26)13-7-6-8-14(9-13)23-19(25)12-32-21(27)15-10-17(30-3)18(31-5-2)11-16(15)24(28)29/h6-11H,4-5,12H2,1-3H3,(H,22,26)(H,23,25). The number of esters is 1. The lowest BCUT2D eigenvalue weighted by molar-refractivity contribution is -0.385. The normalized spacial score (nSPS) is 10.1. The summed E-state index contributed by atoms with van der Waals surface area (Å²) in [6, 6.07) is 8.38. The van der Waals surface area contributed by atoms with Crippen LogP contribution in [0.15, 0.2) is 36.4 Å². The number of nitrogens with one attached hydrogen (secondary N) is 2. The summed E-state index contributed by atoms with van der Waals surface area (Å²) in [5.74, 6) is -1.86. The molecule has 170 valence electrons. The number of nitro groups is 1. The van der Waals surface area contributed by atoms with Gasteiger partial charge >= 0.3 is 5.97 Å². The van der Waals surface area contributed by atoms with Crippen LogP contribution in [0.1, 0.15) is 34.6 Å². The van der Waals surface area contributed by atoms with Crippen LogP contribution in [0, 0.1) is 10.1 Å². The molecule has 0 fully saturated rings. The van der Waals surface area contributed by atoms with Gasteiger partial charge in [-0.1, -0.05) is 6.07 Å². The summed E-state index contributed by atoms with van der Waals surface area (Å²) >= 11 is 0. The maximum absolute atomic E-state index is 12.4. The van der Waals surface area contributed by atoms with Crippen molar-refractivity contribution >= 4 is 29.2 Å². The smallest absolute Gasteiger partial charge is 0.345 e. The maximum Gasteiger partial charge on any atom is 0.345 e. The van der Waals surface area contributed by atoms with Gasteiger partial charge in [0, 0.05) is 23.9 Å². The van der Waals surface area contributed by atoms with E-state index in [2.05, 4.69) is 10.6 Å². The molecule has 0 aliphatic heterocycles. The number of nitro benzene ring substituents is 1. The molecule has 11 nitrogen and oxygen atoms in total. The van der Waals surface area contributed by atoms with Crippen molar-refractivity contribution in [3.05, 3.63) is 57.6 Å². The average Bonchev–Trinajstić information content (AvgIpc) is 2.77. The van der Waals surface area contributed by atoms with E-state index in [4.69, 9.17) is 14.2 Å². The zero-order valence-electron chi connectivity index (χ0n) is 17.8. The first kappa shape index (κ1) is 24.1. The summed E-state index contributed by atoms with van der Waals surface area (Å²) in [6.45, 7) is 3.46. The van der Waals surface area contributed by atoms with Gasteiger partial charge in [-0.3, -0.25) is 19.7 Å². The SMILES string of the molecule is CCNC(=O)c1cccc(NC(=O)COC(=O)c2cc(OC)c(OCC)cc2[N+](=O)[O-])c1. The molecule has 2 aromatic carbocycles. The molecule has 0 aliphatic rings. The molecule has 2 amide bonds. The number of rotatable bonds is 10. The van der Waals surface area contributed by atoms with Gasteiger partial charge in [0.05, 0.1) is 24.7 Å². The minimum atomic E-state index is -1.08. The van der Waals surface area contributed by atoms with Crippen LogP contribution in [0.5, 0.6) is 11.5 Å². The minimum absolute atomic E-state index is 0.1000. The first-order chi connectivity index (χ1) is 15.3. The van der Waals surface area contributed by atoms with E-state index in [1.54, 1.807) is 32.0 Å². The summed E-state index contributed by atoms with van der Waals surface area (Å²) < 4.78 is 15.3. The van der Waals surface area contributed by atoms with Gasteiger partial charge in [0.1, 0.15) is 5.56 Å². The Morgan fingerprint density at radius 1 is 1.09 bits per heavy atom. The van der Waals surface area contributed by atoms with E-state index in [9.17, 15) is 24.5 Å². The van der Waals surface area contributed by atoms with Gasteiger partial charge < -0.3 is 24.8 Å². The molecule has 11 heteroatoms. The third kappa shape index (κ3) is 6.17. The first-order valence-corrected chi connectivity index (χ1v) is 9.65. The van der Waals surface area contributed by atoms with Crippen LogP contribution in [0.2, 0.25) is 0 Å². The van der Waals surface area contributed by atoms with Gasteiger partial charge in [-0.15, -0.1) is 0 Å². The van der Waals surface area contributed by atoms with Crippen molar-refractivity contribution in [2.45, 2.75) is 13.8 Å². The van der Waals surface area contributed by atoms with Crippen LogP contribution in [0.25, 0.3) is 0 Å². The number of amides is 2. The summed E-state index contributed by atoms with van der Waals surface area (Å²) in [4.78, 5) is 47.1. The molecule has 32 heavy (non-hydrogen) atoms. The van der Waals surface area contributed by atoms with E-state index in [0.29, 0.717) is 17.8 Å². The molecule has 0 spiro atoms. The lowest BCUT2D eigenvalue weighted by atomic mass is 10.1. The molecule has 0 atom stereocenters. The van der Waals surface area contributed by atoms with E-state index < -0.39 is 29.1 Å². The van der Waals surface area contributed by atoms with E-state index in [1.807, 2.05) is 0 Å². The van der Waals surface area contributed by atoms with Crippen molar-refractivity contribution in [3.63, 3.8) is 0 Å². The van der Waals surface area contributed by atoms with Crippen LogP contribution in [0.4, 0.5) is 11.4 Å². The van der Waals surface area contributed by atoms with Crippen LogP contribution in [-0.2, 0) is 9.53 Å². The second kappa shape index (κ2) is 11.3. The van der Waals surface area contributed by atoms with Crippen molar-refractivity contribution in [1.29, 1.82) is 0 Å². The highest BCUT2D eigenvalue weighted by Crippen LogP contribution is 2.35. The van der Waals surface area contributed by atoms with Crippen LogP contribution < -0.4 is 20.1 Å². The van der Waals surface area contributed by atoms with Crippen LogP contribution in [0.3, 0.4) is 0 Å². The van der Waals surface area contributed by atoms with Crippen molar-refractivity contribution in [2.75, 3.05) is 32.2 Å². The first-order valence-electron chi connectivity index (χ1n) is 9.65. The van der Waals surface area contributed by atoms with E-state index in [-0.39, 0.29) is 29.6 Å². The Morgan fingerprint density at radius 3 is 2.47 bits per heavy atom. The Hall–Kier alpha value is -4.15. The zero-order valence-corrected chi connectivity index (χ0v) is 17.8. The number of hydrogen-bond donors (Lipinski definition) is 2. The molecular formula is C21H23N3O8. The molecule has 0 saturated heterocycles. The van der Waals surface area contributed by atoms with Crippen LogP contribution in [-0.4, -0.2) is 49.6 Å². The van der Waals surface area contributed by atoms with E-state index in [0.717, 1.165) is 12.1 Å². The number of benzene rings is 2. The Bertz CT molecular complexity index is 1020. The topological polar surface area (TPSA) is 146 Å². The number of carbonyl (C=O) groups excluding carboxylic acids is 3. The second-order valence-corrected chi connectivity index (χ2v) is 6.27. The average molecular weight is 445 g/mol. The monoisotopic (exact) mass is 445 g/mol. The number of methoxy groups -OCH3 is 1. The van der Waals surface area contributed by atoms with Crippen molar-refractivity contribution in [1.82, 2.24) is 5.32 Å². The molecule has 0 aliphatic carbocycles. The fourth-order valence-corrected chi connectivity index (χ4v) is 2.70. The van der Waals surface area contributed by atoms with Crippen molar-refractivity contribution in [2.24, 2.45) is 0 Å². The molecule has 0 saturated carbocycles. The van der Waals surface area contributed by atoms with Crippen LogP contribution >= 0.6 is 0 Å². The van der Waals surface area contributed by atoms with Gasteiger partial charge in [0.2, 0.25) is 0 Å². The summed E-state index contributed by atoms with van der Waals surface area (Å²) in [6.07, 6.45) is 0. The van der Waals surface area contributed by atoms with E-state index >= 15 is 0 Å². The van der Waals surface area contributed by atoms with Gasteiger partial charge in [-0.2, -0.15) is 0 Å². The lowest BCUT2D eigenvalue weighted by Crippen LogP contribution is -2.23. The van der Waals surface area contributed by atoms with Crippen molar-refractivity contribution in [3.8, 4) is 11.5 Å². The largest absolute Gasteiger partial charge is 0.493 e. The fourth-order valence-electron chi connectivity index (χ4n) is 2.70. The van der Waals surface area contributed by atoms with Gasteiger partial charge in [0.15, 0.2) is 18.1 Å². The highest BCUT2D eigenvalue weighted by Gasteiger charge is 2.26. The summed E-state index contributed by atoms with van der Waals surface area (Å²) in [5, 5.41) is 16.5. The number of anilines is 1. The summed E-state index contributed by atoms with van der Waals surface area (Å²) in [5.41, 5.74) is -0.266. The predicted octanol–water partition coefficient (Wildman–Crippen LogP) is 2.55. The van der Waals surface area contributed by atoms with Gasteiger partial charge in [0.25, 0.3) is 17.5 Å². The Morgan fingerprint density at radius 2 is 1.84 bits per heavy atom. The third-order valence-corrected chi connectivity index (χ3v) is 4.08. The third-order valence-electron chi connectivity index (χ3n) is 4.08. The highest BCUT2D eigenvalue weighted by molar-refractivity contribution is 5.99. The Balaban J connectivity index is 2.10. The molecule has 0 radical (unpaired) electrons. The van der Waals surface area contributed by atoms with Crippen molar-refractivity contribution < 1.29 is 33.5 Å². The number of ether oxygens (including phenoxy) is 3. The number of nitrogens with zero attached hydrogens (tertiary/aromatic N) is 1. The fraction of sp³-hybridized carbons (Fsp3) is 0.286. The lowest BCUT2D eigenvalue weighted by Gasteiger charge is -2.12. The minimum Gasteiger partial charge on any atom is -0.493 e. The molecule has 0 unspecified atom stereocenters. The van der Waals surface area contributed by atoms with Gasteiger partial charge in [-0.05, 0) is 32.0 Å². The quantitative estimate of drug-likeness (QED) is 0.322. The van der Waals surface area contributed by atoms with E-state index in [1.165, 1.54) is 13.2 Å². The maximum atomic E-state index is 12.4. The molecule has 2 rings (SSSR count). The highest BCUT2D eigenvalue weighted by atomic mass is 16.6. The second-order valence-electron chi connectivity index (χ2n) is 6.27. The molecular weight excluding hydrogens is 422 g/mol.